The average molecular weight is 279 g/mol. The maximum absolute atomic E-state index is 13.3. The third-order valence-electron chi connectivity index (χ3n) is 2.50. The van der Waals surface area contributed by atoms with Gasteiger partial charge in [0.15, 0.2) is 0 Å². The summed E-state index contributed by atoms with van der Waals surface area (Å²) in [5, 5.41) is 6.06. The highest BCUT2D eigenvalue weighted by Gasteiger charge is 2.10. The van der Waals surface area contributed by atoms with Gasteiger partial charge in [-0.3, -0.25) is 9.59 Å². The first kappa shape index (κ1) is 13.9. The molecule has 1 aromatic heterocycles. The van der Waals surface area contributed by atoms with Crippen molar-refractivity contribution in [2.45, 2.75) is 13.5 Å². The molecule has 1 N–H and O–H groups in total. The largest absolute Gasteiger partial charge is 0.322 e. The minimum Gasteiger partial charge on any atom is -0.322 e. The van der Waals surface area contributed by atoms with Crippen LogP contribution in [0.4, 0.5) is 14.5 Å². The van der Waals surface area contributed by atoms with E-state index in [1.807, 2.05) is 0 Å². The zero-order valence-corrected chi connectivity index (χ0v) is 10.6. The van der Waals surface area contributed by atoms with E-state index in [1.54, 1.807) is 6.92 Å². The van der Waals surface area contributed by atoms with Crippen LogP contribution in [0.15, 0.2) is 35.1 Å². The van der Waals surface area contributed by atoms with Crippen molar-refractivity contribution in [2.75, 3.05) is 5.32 Å². The van der Waals surface area contributed by atoms with E-state index in [1.165, 1.54) is 12.1 Å². The van der Waals surface area contributed by atoms with Gasteiger partial charge in [-0.05, 0) is 25.1 Å². The summed E-state index contributed by atoms with van der Waals surface area (Å²) in [6.07, 6.45) is 0. The van der Waals surface area contributed by atoms with Crippen LogP contribution in [-0.4, -0.2) is 15.7 Å². The van der Waals surface area contributed by atoms with Gasteiger partial charge in [0.25, 0.3) is 5.56 Å². The highest BCUT2D eigenvalue weighted by atomic mass is 19.1. The molecule has 0 bridgehead atoms. The van der Waals surface area contributed by atoms with Crippen LogP contribution in [0.3, 0.4) is 0 Å². The van der Waals surface area contributed by atoms with Crippen molar-refractivity contribution in [1.82, 2.24) is 9.78 Å². The van der Waals surface area contributed by atoms with Gasteiger partial charge in [0, 0.05) is 12.1 Å². The molecule has 0 atom stereocenters. The van der Waals surface area contributed by atoms with Gasteiger partial charge in [-0.1, -0.05) is 0 Å². The van der Waals surface area contributed by atoms with E-state index in [-0.39, 0.29) is 12.2 Å². The van der Waals surface area contributed by atoms with Crippen LogP contribution in [0.25, 0.3) is 0 Å². The third kappa shape index (κ3) is 3.25. The van der Waals surface area contributed by atoms with Crippen molar-refractivity contribution in [3.8, 4) is 0 Å². The molecule has 0 unspecified atom stereocenters. The topological polar surface area (TPSA) is 64.0 Å². The van der Waals surface area contributed by atoms with Gasteiger partial charge in [0.1, 0.15) is 18.2 Å². The number of carbonyl (C=O) groups is 1. The zero-order valence-electron chi connectivity index (χ0n) is 10.6. The van der Waals surface area contributed by atoms with Crippen molar-refractivity contribution in [1.29, 1.82) is 0 Å². The van der Waals surface area contributed by atoms with Gasteiger partial charge >= 0.3 is 0 Å². The number of carbonyl (C=O) groups excluding carboxylic acids is 1. The van der Waals surface area contributed by atoms with Crippen molar-refractivity contribution < 1.29 is 13.6 Å². The smallest absolute Gasteiger partial charge is 0.267 e. The van der Waals surface area contributed by atoms with Crippen LogP contribution in [0.5, 0.6) is 0 Å². The number of aryl methyl sites for hydroxylation is 1. The summed E-state index contributed by atoms with van der Waals surface area (Å²) in [6.45, 7) is 1.29. The maximum atomic E-state index is 13.3. The Labute approximate surface area is 112 Å². The van der Waals surface area contributed by atoms with E-state index < -0.39 is 23.1 Å². The van der Waals surface area contributed by atoms with Gasteiger partial charge in [0.2, 0.25) is 5.91 Å². The standard InChI is InChI=1S/C13H11F2N3O2/c1-8-2-5-13(20)18(17-8)7-12(19)16-11-6-9(14)3-4-10(11)15/h2-6H,7H2,1H3,(H,16,19). The summed E-state index contributed by atoms with van der Waals surface area (Å²) >= 11 is 0. The first-order valence-corrected chi connectivity index (χ1v) is 5.75. The third-order valence-corrected chi connectivity index (χ3v) is 2.50. The summed E-state index contributed by atoms with van der Waals surface area (Å²) in [5.41, 5.74) is -0.171. The predicted octanol–water partition coefficient (Wildman–Crippen LogP) is 1.47. The summed E-state index contributed by atoms with van der Waals surface area (Å²) in [4.78, 5) is 23.2. The lowest BCUT2D eigenvalue weighted by molar-refractivity contribution is -0.117. The summed E-state index contributed by atoms with van der Waals surface area (Å²) in [6, 6.07) is 5.50. The second-order valence-corrected chi connectivity index (χ2v) is 4.14. The second kappa shape index (κ2) is 5.60. The van der Waals surface area contributed by atoms with E-state index in [2.05, 4.69) is 10.4 Å². The maximum Gasteiger partial charge on any atom is 0.267 e. The van der Waals surface area contributed by atoms with Crippen LogP contribution < -0.4 is 10.9 Å². The van der Waals surface area contributed by atoms with E-state index in [9.17, 15) is 18.4 Å². The molecule has 1 aromatic carbocycles. The number of rotatable bonds is 3. The molecule has 0 spiro atoms. The highest BCUT2D eigenvalue weighted by Crippen LogP contribution is 2.14. The number of amides is 1. The average Bonchev–Trinajstić information content (AvgIpc) is 2.38. The molecule has 2 aromatic rings. The number of nitrogens with zero attached hydrogens (tertiary/aromatic N) is 2. The summed E-state index contributed by atoms with van der Waals surface area (Å²) in [5.74, 6) is -2.11. The van der Waals surface area contributed by atoms with E-state index in [0.29, 0.717) is 5.69 Å². The molecular formula is C13H11F2N3O2. The molecule has 7 heteroatoms. The molecular weight excluding hydrogens is 268 g/mol. The fraction of sp³-hybridized carbons (Fsp3) is 0.154. The SMILES string of the molecule is Cc1ccc(=O)n(CC(=O)Nc2cc(F)ccc2F)n1. The number of nitrogens with one attached hydrogen (secondary N) is 1. The first-order valence-electron chi connectivity index (χ1n) is 5.75. The Morgan fingerprint density at radius 1 is 1.30 bits per heavy atom. The van der Waals surface area contributed by atoms with E-state index in [4.69, 9.17) is 0 Å². The van der Waals surface area contributed by atoms with Crippen molar-refractivity contribution in [2.24, 2.45) is 0 Å². The molecule has 0 saturated heterocycles. The molecule has 0 fully saturated rings. The minimum atomic E-state index is -0.760. The number of anilines is 1. The summed E-state index contributed by atoms with van der Waals surface area (Å²) < 4.78 is 27.2. The van der Waals surface area contributed by atoms with Gasteiger partial charge < -0.3 is 5.32 Å². The lowest BCUT2D eigenvalue weighted by Gasteiger charge is -2.08. The molecule has 5 nitrogen and oxygen atoms in total. The fourth-order valence-electron chi connectivity index (χ4n) is 1.58. The van der Waals surface area contributed by atoms with Crippen LogP contribution >= 0.6 is 0 Å². The molecule has 1 heterocycles. The van der Waals surface area contributed by atoms with Crippen molar-refractivity contribution >= 4 is 11.6 Å². The van der Waals surface area contributed by atoms with Gasteiger partial charge in [-0.25, -0.2) is 13.5 Å². The second-order valence-electron chi connectivity index (χ2n) is 4.14. The van der Waals surface area contributed by atoms with Crippen LogP contribution in [-0.2, 0) is 11.3 Å². The molecule has 1 amide bonds. The number of benzene rings is 1. The Morgan fingerprint density at radius 3 is 2.80 bits per heavy atom. The van der Waals surface area contributed by atoms with Gasteiger partial charge in [-0.2, -0.15) is 5.10 Å². The molecule has 0 aliphatic rings. The van der Waals surface area contributed by atoms with Crippen molar-refractivity contribution in [3.05, 3.63) is 58.0 Å². The molecule has 0 radical (unpaired) electrons. The zero-order chi connectivity index (χ0) is 14.7. The van der Waals surface area contributed by atoms with Crippen LogP contribution in [0.2, 0.25) is 0 Å². The molecule has 2 rings (SSSR count). The predicted molar refractivity (Wildman–Crippen MR) is 68.2 cm³/mol. The highest BCUT2D eigenvalue weighted by molar-refractivity contribution is 5.90. The van der Waals surface area contributed by atoms with Gasteiger partial charge in [-0.15, -0.1) is 0 Å². The van der Waals surface area contributed by atoms with Crippen molar-refractivity contribution in [3.63, 3.8) is 0 Å². The molecule has 0 aliphatic carbocycles. The van der Waals surface area contributed by atoms with E-state index in [0.717, 1.165) is 22.9 Å². The minimum absolute atomic E-state index is 0.282. The molecule has 0 aliphatic heterocycles. The Bertz CT molecular complexity index is 713. The van der Waals surface area contributed by atoms with E-state index >= 15 is 0 Å². The Hall–Kier alpha value is -2.57. The molecule has 0 saturated carbocycles. The molecule has 104 valence electrons. The van der Waals surface area contributed by atoms with Crippen LogP contribution in [0.1, 0.15) is 5.69 Å². The number of hydrogen-bond acceptors (Lipinski definition) is 3. The Kier molecular flexibility index (Phi) is 3.88. The number of halogens is 2. The lowest BCUT2D eigenvalue weighted by Crippen LogP contribution is -2.29. The van der Waals surface area contributed by atoms with Crippen LogP contribution in [0, 0.1) is 18.6 Å². The quantitative estimate of drug-likeness (QED) is 0.925. The van der Waals surface area contributed by atoms with Gasteiger partial charge in [0.05, 0.1) is 11.4 Å². The molecule has 20 heavy (non-hydrogen) atoms. The lowest BCUT2D eigenvalue weighted by atomic mass is 10.3. The Morgan fingerprint density at radius 2 is 2.05 bits per heavy atom. The normalized spacial score (nSPS) is 10.3. The Balaban J connectivity index is 2.15. The summed E-state index contributed by atoms with van der Waals surface area (Å²) in [7, 11) is 0. The monoisotopic (exact) mass is 279 g/mol. The first-order chi connectivity index (χ1) is 9.45. The fourth-order valence-corrected chi connectivity index (χ4v) is 1.58. The number of hydrogen-bond donors (Lipinski definition) is 1. The number of aromatic nitrogens is 2.